The Morgan fingerprint density at radius 1 is 1.21 bits per heavy atom. The first-order valence-electron chi connectivity index (χ1n) is 9.20. The van der Waals surface area contributed by atoms with Crippen LogP contribution in [-0.4, -0.2) is 55.0 Å². The van der Waals surface area contributed by atoms with E-state index in [1.165, 1.54) is 0 Å². The maximum atomic E-state index is 13.0. The predicted molar refractivity (Wildman–Crippen MR) is 102 cm³/mol. The number of nitrogens with zero attached hydrogens (tertiary/aromatic N) is 5. The summed E-state index contributed by atoms with van der Waals surface area (Å²) in [5, 5.41) is 18.8. The number of aliphatic carboxylic acids is 1. The monoisotopic (exact) mass is 379 g/mol. The Hall–Kier alpha value is -3.29. The molecule has 0 radical (unpaired) electrons. The Kier molecular flexibility index (Phi) is 4.33. The van der Waals surface area contributed by atoms with E-state index >= 15 is 0 Å². The minimum atomic E-state index is -0.933. The molecule has 1 N–H and O–H groups in total. The zero-order valence-electron chi connectivity index (χ0n) is 15.8. The lowest BCUT2D eigenvalue weighted by Crippen LogP contribution is -2.48. The average molecular weight is 379 g/mol. The molecule has 28 heavy (non-hydrogen) atoms. The smallest absolute Gasteiger partial charge is 0.311 e. The minimum Gasteiger partial charge on any atom is -0.481 e. The number of pyridine rings is 1. The molecule has 2 aromatic heterocycles. The van der Waals surface area contributed by atoms with Crippen LogP contribution in [-0.2, 0) is 4.79 Å². The number of amides is 1. The van der Waals surface area contributed by atoms with Crippen molar-refractivity contribution in [1.29, 1.82) is 0 Å². The topological polar surface area (TPSA) is 101 Å². The third-order valence-electron chi connectivity index (χ3n) is 5.44. The van der Waals surface area contributed by atoms with Crippen molar-refractivity contribution in [2.75, 3.05) is 13.1 Å². The van der Waals surface area contributed by atoms with Gasteiger partial charge in [-0.3, -0.25) is 14.6 Å². The van der Waals surface area contributed by atoms with Gasteiger partial charge in [-0.05, 0) is 38.8 Å². The quantitative estimate of drug-likeness (QED) is 0.750. The molecule has 3 heterocycles. The van der Waals surface area contributed by atoms with Crippen LogP contribution in [0.5, 0.6) is 0 Å². The predicted octanol–water partition coefficient (Wildman–Crippen LogP) is 2.45. The second kappa shape index (κ2) is 6.70. The Labute approximate surface area is 161 Å². The van der Waals surface area contributed by atoms with Crippen LogP contribution in [0.15, 0.2) is 36.5 Å². The van der Waals surface area contributed by atoms with Gasteiger partial charge in [0.2, 0.25) is 0 Å². The summed E-state index contributed by atoms with van der Waals surface area (Å²) < 4.78 is 1.61. The highest BCUT2D eigenvalue weighted by molar-refractivity contribution is 5.94. The van der Waals surface area contributed by atoms with E-state index in [9.17, 15) is 14.7 Å². The van der Waals surface area contributed by atoms with E-state index < -0.39 is 11.4 Å². The highest BCUT2D eigenvalue weighted by Crippen LogP contribution is 2.31. The summed E-state index contributed by atoms with van der Waals surface area (Å²) >= 11 is 0. The van der Waals surface area contributed by atoms with Crippen LogP contribution in [0.3, 0.4) is 0 Å². The van der Waals surface area contributed by atoms with Crippen molar-refractivity contribution in [2.24, 2.45) is 5.41 Å². The van der Waals surface area contributed by atoms with Crippen LogP contribution in [0.25, 0.3) is 16.6 Å². The van der Waals surface area contributed by atoms with Gasteiger partial charge in [-0.1, -0.05) is 23.4 Å². The standard InChI is InChI=1S/C20H21N5O3/c1-13-16(18(26)24-11-5-9-20(2,12-24)19(27)28)22-23-25(13)15-8-3-6-14-7-4-10-21-17(14)15/h3-4,6-8,10H,5,9,11-12H2,1-2H3,(H,27,28). The van der Waals surface area contributed by atoms with E-state index in [0.29, 0.717) is 25.1 Å². The largest absolute Gasteiger partial charge is 0.481 e. The summed E-state index contributed by atoms with van der Waals surface area (Å²) in [6.07, 6.45) is 2.92. The molecule has 1 aromatic carbocycles. The molecule has 8 heteroatoms. The number of carboxylic acid groups (broad SMARTS) is 1. The van der Waals surface area contributed by atoms with Gasteiger partial charge in [0.1, 0.15) is 0 Å². The molecule has 1 amide bonds. The number of aromatic nitrogens is 4. The SMILES string of the molecule is Cc1c(C(=O)N2CCCC(C)(C(=O)O)C2)nnn1-c1cccc2cccnc12. The van der Waals surface area contributed by atoms with E-state index in [1.807, 2.05) is 30.3 Å². The van der Waals surface area contributed by atoms with Gasteiger partial charge in [-0.2, -0.15) is 0 Å². The third-order valence-corrected chi connectivity index (χ3v) is 5.44. The van der Waals surface area contributed by atoms with E-state index in [2.05, 4.69) is 15.3 Å². The Bertz CT molecular complexity index is 1070. The van der Waals surface area contributed by atoms with Crippen LogP contribution in [0.1, 0.15) is 35.9 Å². The molecule has 4 rings (SSSR count). The fourth-order valence-corrected chi connectivity index (χ4v) is 3.75. The average Bonchev–Trinajstić information content (AvgIpc) is 3.08. The Morgan fingerprint density at radius 2 is 2.00 bits per heavy atom. The fourth-order valence-electron chi connectivity index (χ4n) is 3.75. The summed E-state index contributed by atoms with van der Waals surface area (Å²) in [5.74, 6) is -1.17. The highest BCUT2D eigenvalue weighted by Gasteiger charge is 2.40. The number of piperidine rings is 1. The molecule has 0 spiro atoms. The van der Waals surface area contributed by atoms with Crippen LogP contribution in [0.2, 0.25) is 0 Å². The normalized spacial score (nSPS) is 19.7. The van der Waals surface area contributed by atoms with Crippen molar-refractivity contribution in [3.8, 4) is 5.69 Å². The number of carboxylic acids is 1. The molecule has 3 aromatic rings. The molecule has 1 fully saturated rings. The first kappa shape index (κ1) is 18.1. The summed E-state index contributed by atoms with van der Waals surface area (Å²) in [7, 11) is 0. The molecule has 8 nitrogen and oxygen atoms in total. The molecule has 1 atom stereocenters. The van der Waals surface area contributed by atoms with Gasteiger partial charge in [0, 0.05) is 24.7 Å². The lowest BCUT2D eigenvalue weighted by atomic mass is 9.82. The van der Waals surface area contributed by atoms with Gasteiger partial charge in [-0.25, -0.2) is 4.68 Å². The molecular weight excluding hydrogens is 358 g/mol. The number of benzene rings is 1. The van der Waals surface area contributed by atoms with Crippen molar-refractivity contribution in [2.45, 2.75) is 26.7 Å². The van der Waals surface area contributed by atoms with E-state index in [0.717, 1.165) is 16.6 Å². The van der Waals surface area contributed by atoms with Gasteiger partial charge >= 0.3 is 5.97 Å². The molecule has 144 valence electrons. The van der Waals surface area contributed by atoms with Crippen LogP contribution in [0, 0.1) is 12.3 Å². The van der Waals surface area contributed by atoms with Gasteiger partial charge < -0.3 is 10.0 Å². The second-order valence-electron chi connectivity index (χ2n) is 7.48. The van der Waals surface area contributed by atoms with E-state index in [4.69, 9.17) is 0 Å². The van der Waals surface area contributed by atoms with Crippen molar-refractivity contribution < 1.29 is 14.7 Å². The summed E-state index contributed by atoms with van der Waals surface area (Å²) in [6.45, 7) is 4.16. The summed E-state index contributed by atoms with van der Waals surface area (Å²) in [4.78, 5) is 30.6. The van der Waals surface area contributed by atoms with E-state index in [1.54, 1.807) is 29.6 Å². The molecular formula is C20H21N5O3. The third kappa shape index (κ3) is 2.90. The molecule has 1 aliphatic heterocycles. The number of hydrogen-bond donors (Lipinski definition) is 1. The number of para-hydroxylation sites is 1. The minimum absolute atomic E-state index is 0.170. The fraction of sp³-hybridized carbons (Fsp3) is 0.350. The lowest BCUT2D eigenvalue weighted by Gasteiger charge is -2.37. The molecule has 0 aliphatic carbocycles. The van der Waals surface area contributed by atoms with Crippen molar-refractivity contribution >= 4 is 22.8 Å². The van der Waals surface area contributed by atoms with Crippen molar-refractivity contribution in [3.05, 3.63) is 47.9 Å². The number of hydrogen-bond acceptors (Lipinski definition) is 5. The number of fused-ring (bicyclic) bond motifs is 1. The van der Waals surface area contributed by atoms with Gasteiger partial charge in [0.25, 0.3) is 5.91 Å². The number of rotatable bonds is 3. The zero-order valence-corrected chi connectivity index (χ0v) is 15.8. The lowest BCUT2D eigenvalue weighted by molar-refractivity contribution is -0.150. The number of carbonyl (C=O) groups excluding carboxylic acids is 1. The molecule has 1 unspecified atom stereocenters. The van der Waals surface area contributed by atoms with Gasteiger partial charge in [0.15, 0.2) is 5.69 Å². The highest BCUT2D eigenvalue weighted by atomic mass is 16.4. The maximum Gasteiger partial charge on any atom is 0.311 e. The van der Waals surface area contributed by atoms with Crippen LogP contribution in [0.4, 0.5) is 0 Å². The molecule has 0 bridgehead atoms. The van der Waals surface area contributed by atoms with Crippen LogP contribution < -0.4 is 0 Å². The number of carbonyl (C=O) groups is 2. The Balaban J connectivity index is 1.69. The molecule has 0 saturated carbocycles. The first-order valence-corrected chi connectivity index (χ1v) is 9.20. The van der Waals surface area contributed by atoms with Gasteiger partial charge in [0.05, 0.1) is 22.3 Å². The summed E-state index contributed by atoms with van der Waals surface area (Å²) in [6, 6.07) is 9.58. The first-order chi connectivity index (χ1) is 13.4. The Morgan fingerprint density at radius 3 is 2.79 bits per heavy atom. The van der Waals surface area contributed by atoms with Crippen molar-refractivity contribution in [1.82, 2.24) is 24.9 Å². The maximum absolute atomic E-state index is 13.0. The number of likely N-dealkylation sites (tertiary alicyclic amines) is 1. The molecule has 1 aliphatic rings. The second-order valence-corrected chi connectivity index (χ2v) is 7.48. The zero-order chi connectivity index (χ0) is 19.9. The molecule has 1 saturated heterocycles. The van der Waals surface area contributed by atoms with Crippen molar-refractivity contribution in [3.63, 3.8) is 0 Å². The van der Waals surface area contributed by atoms with Gasteiger partial charge in [-0.15, -0.1) is 5.10 Å². The van der Waals surface area contributed by atoms with Crippen LogP contribution >= 0.6 is 0 Å². The van der Waals surface area contributed by atoms with E-state index in [-0.39, 0.29) is 18.1 Å². The summed E-state index contributed by atoms with van der Waals surface area (Å²) in [5.41, 5.74) is 1.43.